The summed E-state index contributed by atoms with van der Waals surface area (Å²) in [6.45, 7) is 2.29. The van der Waals surface area contributed by atoms with Gasteiger partial charge in [-0.05, 0) is 36.3 Å². The number of rotatable bonds is 2. The van der Waals surface area contributed by atoms with Gasteiger partial charge in [0.1, 0.15) is 5.78 Å². The van der Waals surface area contributed by atoms with Crippen LogP contribution in [0.25, 0.3) is 0 Å². The molecule has 3 atom stereocenters. The van der Waals surface area contributed by atoms with E-state index in [1.807, 2.05) is 0 Å². The Morgan fingerprint density at radius 1 is 1.58 bits per heavy atom. The van der Waals surface area contributed by atoms with Gasteiger partial charge < -0.3 is 0 Å². The van der Waals surface area contributed by atoms with Gasteiger partial charge in [0, 0.05) is 12.3 Å². The molecule has 2 heteroatoms. The standard InChI is InChI=1S/C10H16OS/c1-10(4-5-12)7-2-3-8(10)9(11)6-7/h7-8,12H,2-6H2,1H3/t7-,8-,10?/m1/s1. The van der Waals surface area contributed by atoms with Crippen LogP contribution in [0.15, 0.2) is 0 Å². The molecule has 1 unspecified atom stereocenters. The first-order valence-corrected chi connectivity index (χ1v) is 5.45. The van der Waals surface area contributed by atoms with Crippen LogP contribution in [0.1, 0.15) is 32.6 Å². The van der Waals surface area contributed by atoms with Gasteiger partial charge in [-0.15, -0.1) is 0 Å². The van der Waals surface area contributed by atoms with Crippen molar-refractivity contribution in [3.8, 4) is 0 Å². The summed E-state index contributed by atoms with van der Waals surface area (Å²) < 4.78 is 0. The van der Waals surface area contributed by atoms with Gasteiger partial charge in [-0.25, -0.2) is 0 Å². The number of thiol groups is 1. The number of carbonyl (C=O) groups excluding carboxylic acids is 1. The van der Waals surface area contributed by atoms with Crippen LogP contribution >= 0.6 is 12.6 Å². The van der Waals surface area contributed by atoms with E-state index < -0.39 is 0 Å². The highest BCUT2D eigenvalue weighted by Gasteiger charge is 2.54. The SMILES string of the molecule is CC1(CCS)[C@@H]2CC[C@@H]1C(=O)C2. The van der Waals surface area contributed by atoms with Crippen LogP contribution in [0, 0.1) is 17.3 Å². The zero-order valence-electron chi connectivity index (χ0n) is 7.55. The maximum Gasteiger partial charge on any atom is 0.136 e. The smallest absolute Gasteiger partial charge is 0.136 e. The summed E-state index contributed by atoms with van der Waals surface area (Å²) in [5, 5.41) is 0. The predicted molar refractivity (Wildman–Crippen MR) is 52.4 cm³/mol. The zero-order valence-corrected chi connectivity index (χ0v) is 8.44. The van der Waals surface area contributed by atoms with Crippen molar-refractivity contribution in [1.82, 2.24) is 0 Å². The fourth-order valence-electron chi connectivity index (χ4n) is 3.18. The first kappa shape index (κ1) is 8.61. The second-order valence-electron chi connectivity index (χ2n) is 4.48. The molecule has 0 aromatic carbocycles. The zero-order chi connectivity index (χ0) is 8.77. The van der Waals surface area contributed by atoms with Crippen LogP contribution in [-0.2, 0) is 4.79 Å². The molecule has 0 radical (unpaired) electrons. The van der Waals surface area contributed by atoms with Gasteiger partial charge in [-0.1, -0.05) is 6.92 Å². The fourth-order valence-corrected chi connectivity index (χ4v) is 3.66. The lowest BCUT2D eigenvalue weighted by molar-refractivity contribution is -0.122. The molecule has 0 aliphatic heterocycles. The quantitative estimate of drug-likeness (QED) is 0.652. The highest BCUT2D eigenvalue weighted by molar-refractivity contribution is 7.80. The second-order valence-corrected chi connectivity index (χ2v) is 4.92. The molecule has 68 valence electrons. The van der Waals surface area contributed by atoms with Crippen molar-refractivity contribution in [3.63, 3.8) is 0 Å². The molecule has 2 rings (SSSR count). The molecule has 2 aliphatic carbocycles. The Morgan fingerprint density at radius 2 is 2.33 bits per heavy atom. The maximum atomic E-state index is 11.5. The topological polar surface area (TPSA) is 17.1 Å². The monoisotopic (exact) mass is 184 g/mol. The van der Waals surface area contributed by atoms with Crippen LogP contribution < -0.4 is 0 Å². The number of hydrogen-bond donors (Lipinski definition) is 1. The van der Waals surface area contributed by atoms with Gasteiger partial charge in [-0.3, -0.25) is 4.79 Å². The molecule has 0 saturated heterocycles. The van der Waals surface area contributed by atoms with E-state index in [4.69, 9.17) is 0 Å². The van der Waals surface area contributed by atoms with Gasteiger partial charge in [0.25, 0.3) is 0 Å². The summed E-state index contributed by atoms with van der Waals surface area (Å²) in [7, 11) is 0. The summed E-state index contributed by atoms with van der Waals surface area (Å²) in [6.07, 6.45) is 4.40. The summed E-state index contributed by atoms with van der Waals surface area (Å²) in [5.74, 6) is 2.52. The van der Waals surface area contributed by atoms with Crippen LogP contribution in [0.3, 0.4) is 0 Å². The van der Waals surface area contributed by atoms with Crippen molar-refractivity contribution >= 4 is 18.4 Å². The van der Waals surface area contributed by atoms with Gasteiger partial charge in [-0.2, -0.15) is 12.6 Å². The Morgan fingerprint density at radius 3 is 2.75 bits per heavy atom. The predicted octanol–water partition coefficient (Wildman–Crippen LogP) is 2.31. The lowest BCUT2D eigenvalue weighted by Crippen LogP contribution is -2.24. The number of carbonyl (C=O) groups is 1. The Balaban J connectivity index is 2.21. The average Bonchev–Trinajstić information content (AvgIpc) is 2.41. The van der Waals surface area contributed by atoms with Crippen LogP contribution in [0.2, 0.25) is 0 Å². The maximum absolute atomic E-state index is 11.5. The minimum atomic E-state index is 0.318. The second kappa shape index (κ2) is 2.76. The third-order valence-corrected chi connectivity index (χ3v) is 4.24. The van der Waals surface area contributed by atoms with Crippen molar-refractivity contribution < 1.29 is 4.79 Å². The number of ketones is 1. The third kappa shape index (κ3) is 0.968. The van der Waals surface area contributed by atoms with Gasteiger partial charge in [0.2, 0.25) is 0 Å². The molecule has 0 heterocycles. The molecule has 2 aliphatic rings. The Hall–Kier alpha value is 0.0200. The van der Waals surface area contributed by atoms with E-state index >= 15 is 0 Å². The summed E-state index contributed by atoms with van der Waals surface area (Å²) >= 11 is 4.28. The summed E-state index contributed by atoms with van der Waals surface area (Å²) in [4.78, 5) is 11.5. The molecule has 0 spiro atoms. The molecular weight excluding hydrogens is 168 g/mol. The average molecular weight is 184 g/mol. The van der Waals surface area contributed by atoms with Crippen LogP contribution in [-0.4, -0.2) is 11.5 Å². The molecule has 0 N–H and O–H groups in total. The highest BCUT2D eigenvalue weighted by Crippen LogP contribution is 2.57. The molecule has 0 aromatic rings. The molecule has 0 amide bonds. The van der Waals surface area contributed by atoms with Crippen molar-refractivity contribution in [1.29, 1.82) is 0 Å². The van der Waals surface area contributed by atoms with Crippen LogP contribution in [0.5, 0.6) is 0 Å². The van der Waals surface area contributed by atoms with Gasteiger partial charge in [0.15, 0.2) is 0 Å². The number of hydrogen-bond acceptors (Lipinski definition) is 2. The summed E-state index contributed by atoms with van der Waals surface area (Å²) in [6, 6.07) is 0. The normalized spacial score (nSPS) is 45.7. The number of fused-ring (bicyclic) bond motifs is 2. The van der Waals surface area contributed by atoms with E-state index in [2.05, 4.69) is 19.6 Å². The van der Waals surface area contributed by atoms with Gasteiger partial charge >= 0.3 is 0 Å². The molecule has 1 nitrogen and oxygen atoms in total. The Kier molecular flexibility index (Phi) is 1.98. The first-order chi connectivity index (χ1) is 5.68. The molecule has 12 heavy (non-hydrogen) atoms. The first-order valence-electron chi connectivity index (χ1n) is 4.82. The van der Waals surface area contributed by atoms with E-state index in [-0.39, 0.29) is 0 Å². The van der Waals surface area contributed by atoms with Crippen molar-refractivity contribution in [2.75, 3.05) is 5.75 Å². The molecule has 2 saturated carbocycles. The third-order valence-electron chi connectivity index (χ3n) is 4.02. The fraction of sp³-hybridized carbons (Fsp3) is 0.900. The Labute approximate surface area is 79.3 Å². The summed E-state index contributed by atoms with van der Waals surface area (Å²) in [5.41, 5.74) is 0.318. The van der Waals surface area contributed by atoms with E-state index in [0.717, 1.165) is 25.0 Å². The largest absolute Gasteiger partial charge is 0.299 e. The lowest BCUT2D eigenvalue weighted by Gasteiger charge is -2.27. The minimum absolute atomic E-state index is 0.318. The molecule has 2 bridgehead atoms. The van der Waals surface area contributed by atoms with E-state index in [0.29, 0.717) is 23.0 Å². The van der Waals surface area contributed by atoms with Crippen LogP contribution in [0.4, 0.5) is 0 Å². The highest BCUT2D eigenvalue weighted by atomic mass is 32.1. The van der Waals surface area contributed by atoms with Crippen molar-refractivity contribution in [2.24, 2.45) is 17.3 Å². The molecule has 0 aromatic heterocycles. The van der Waals surface area contributed by atoms with Crippen molar-refractivity contribution in [3.05, 3.63) is 0 Å². The van der Waals surface area contributed by atoms with E-state index in [9.17, 15) is 4.79 Å². The molecule has 2 fully saturated rings. The van der Waals surface area contributed by atoms with Gasteiger partial charge in [0.05, 0.1) is 0 Å². The lowest BCUT2D eigenvalue weighted by atomic mass is 9.77. The Bertz CT molecular complexity index is 214. The number of Topliss-reactive ketones (excluding diaryl/α,β-unsaturated/α-hetero) is 1. The minimum Gasteiger partial charge on any atom is -0.299 e. The van der Waals surface area contributed by atoms with E-state index in [1.165, 1.54) is 6.42 Å². The van der Waals surface area contributed by atoms with Crippen molar-refractivity contribution in [2.45, 2.75) is 32.6 Å². The van der Waals surface area contributed by atoms with E-state index in [1.54, 1.807) is 0 Å². The molecular formula is C10H16OS.